The summed E-state index contributed by atoms with van der Waals surface area (Å²) in [5.74, 6) is 142. The van der Waals surface area contributed by atoms with Crippen molar-refractivity contribution in [2.45, 2.75) is 20.3 Å². The van der Waals surface area contributed by atoms with Crippen LogP contribution in [0.5, 0.6) is 0 Å². The zero-order valence-electron chi connectivity index (χ0n) is 40.7. The smallest absolute Gasteiger partial charge is 0.269 e. The van der Waals surface area contributed by atoms with Crippen LogP contribution in [0.3, 0.4) is 0 Å². The maximum Gasteiger partial charge on any atom is 0.269 e. The zero-order chi connectivity index (χ0) is 57.3. The summed E-state index contributed by atoms with van der Waals surface area (Å²) in [6.45, 7) is 0.581. The molecule has 0 aliphatic heterocycles. The number of hydrogen-bond donors (Lipinski definition) is 1. The summed E-state index contributed by atoms with van der Waals surface area (Å²) in [7, 11) is 0. The first-order valence-corrected chi connectivity index (χ1v) is 20.6. The molecule has 6 heteroatoms. The highest BCUT2D eigenvalue weighted by Crippen LogP contribution is 2.13. The lowest BCUT2D eigenvalue weighted by atomic mass is 10.2. The topological polar surface area (TPSA) is 69.2 Å². The summed E-state index contributed by atoms with van der Waals surface area (Å²) in [6, 6.07) is 12.3. The lowest BCUT2D eigenvalue weighted by molar-refractivity contribution is -0.384. The van der Waals surface area contributed by atoms with E-state index in [0.717, 1.165) is 0 Å². The third-order valence-corrected chi connectivity index (χ3v) is 5.95. The zero-order valence-corrected chi connectivity index (χ0v) is 40.7. The molecule has 4 nitrogen and oxygen atoms in total. The van der Waals surface area contributed by atoms with Gasteiger partial charge in [0, 0.05) is 255 Å². The molecule has 2 N–H and O–H groups in total. The first kappa shape index (κ1) is 63.7. The number of hydrogen-bond acceptors (Lipinski definition) is 3. The maximum absolute atomic E-state index is 11.9. The van der Waals surface area contributed by atoms with Crippen molar-refractivity contribution in [3.05, 3.63) is 69.8 Å². The molecule has 0 atom stereocenters. The van der Waals surface area contributed by atoms with Gasteiger partial charge in [-0.2, -0.15) is 0 Å². The van der Waals surface area contributed by atoms with E-state index in [1.54, 1.807) is 31.2 Å². The minimum absolute atomic E-state index is 0.0693. The van der Waals surface area contributed by atoms with Crippen LogP contribution in [-0.4, -0.2) is 4.92 Å². The van der Waals surface area contributed by atoms with Crippen molar-refractivity contribution < 1.29 is 13.7 Å². The van der Waals surface area contributed by atoms with Crippen molar-refractivity contribution in [2.75, 3.05) is 5.73 Å². The number of halogens is 2. The molecule has 0 bridgehead atoms. The first-order valence-electron chi connectivity index (χ1n) is 20.6. The van der Waals surface area contributed by atoms with Gasteiger partial charge in [-0.3, -0.25) is 10.1 Å². The fourth-order valence-corrected chi connectivity index (χ4v) is 3.18. The standard InChI is InChI=1S/C59H4.C7H6FNO2.C7H8FN/c1-3-5-7-9-11-13-15-17-19-21-23-25-27-29-31-33-35-37-39-41-43-45-47-49-51-53-55-57-59-58-56-54-52-50-48-46-44-42-40-38-36-34-32-30-28-26-24-22-20-18-16-14-12-10-8-6-4-2;8-5-6-2-1-3-7(4-6)9(10)11;8-5-6-2-1-3-7(9)4-6/h1H,2H3;1-4H,5H2;1-4H,5,9H2. The Morgan fingerprint density at radius 3 is 0.734 bits per heavy atom. The normalized spacial score (nSPS) is 5.34. The lowest BCUT2D eigenvalue weighted by Crippen LogP contribution is -1.88. The number of nitrogens with two attached hydrogens (primary N) is 1. The number of nitro groups is 1. The summed E-state index contributed by atoms with van der Waals surface area (Å²) in [4.78, 5) is 9.61. The Labute approximate surface area is 462 Å². The SMILES string of the molecule is C#CC#CC#CC#CC#CC#CC#CC#CC#CC#CC#CC#CC#CC#CC#CC#CC#CC#CC#CC#CC#CC#CC#CC#CC#CC#CC#CC#CC#CC.Nc1cccc(CF)c1.O=[N+]([O-])c1cccc(CF)c1. The van der Waals surface area contributed by atoms with Gasteiger partial charge in [-0.15, -0.1) is 6.42 Å². The van der Waals surface area contributed by atoms with Crippen molar-refractivity contribution in [3.63, 3.8) is 0 Å². The van der Waals surface area contributed by atoms with E-state index in [9.17, 15) is 18.9 Å². The molecule has 2 aromatic rings. The summed E-state index contributed by atoms with van der Waals surface area (Å²) in [6.07, 6.45) is 4.94. The highest BCUT2D eigenvalue weighted by molar-refractivity contribution is 5.52. The molecule has 0 aliphatic rings. The van der Waals surface area contributed by atoms with E-state index in [2.05, 4.69) is 337 Å². The Bertz CT molecular complexity index is 4720. The van der Waals surface area contributed by atoms with Gasteiger partial charge in [0.15, 0.2) is 0 Å². The number of nitrogen functional groups attached to an aromatic ring is 1. The molecule has 0 fully saturated rings. The molecular formula is C73H18F2N2O2. The van der Waals surface area contributed by atoms with Crippen LogP contribution in [0.4, 0.5) is 20.2 Å². The number of nitro benzene ring substituents is 1. The largest absolute Gasteiger partial charge is 0.399 e. The molecule has 0 unspecified atom stereocenters. The molecule has 0 saturated carbocycles. The van der Waals surface area contributed by atoms with Crippen LogP contribution < -0.4 is 5.73 Å². The van der Waals surface area contributed by atoms with Crippen LogP contribution >= 0.6 is 0 Å². The predicted octanol–water partition coefficient (Wildman–Crippen LogP) is 4.54. The molecule has 79 heavy (non-hydrogen) atoms. The number of alkyl halides is 2. The summed E-state index contributed by atoms with van der Waals surface area (Å²) >= 11 is 0. The van der Waals surface area contributed by atoms with Gasteiger partial charge in [0.05, 0.1) is 4.92 Å². The molecule has 2 rings (SSSR count). The summed E-state index contributed by atoms with van der Waals surface area (Å²) < 4.78 is 23.8. The molecule has 0 saturated heterocycles. The van der Waals surface area contributed by atoms with Gasteiger partial charge in [0.25, 0.3) is 5.69 Å². The second-order valence-electron chi connectivity index (χ2n) is 11.2. The van der Waals surface area contributed by atoms with Gasteiger partial charge in [-0.25, -0.2) is 8.78 Å². The Kier molecular flexibility index (Phi) is 43.3. The molecule has 0 spiro atoms. The monoisotopic (exact) mass is 992 g/mol. The predicted molar refractivity (Wildman–Crippen MR) is 306 cm³/mol. The summed E-state index contributed by atoms with van der Waals surface area (Å²) in [5.41, 5.74) is 6.88. The van der Waals surface area contributed by atoms with E-state index in [-0.39, 0.29) is 5.69 Å². The third kappa shape index (κ3) is 49.0. The van der Waals surface area contributed by atoms with Crippen LogP contribution in [0, 0.1) is 354 Å². The molecule has 2 aromatic carbocycles. The Balaban J connectivity index is 0.00000249. The quantitative estimate of drug-likeness (QED) is 0.213. The molecule has 0 aliphatic carbocycles. The average Bonchev–Trinajstić information content (AvgIpc) is 3.46. The Morgan fingerprint density at radius 1 is 0.354 bits per heavy atom. The van der Waals surface area contributed by atoms with E-state index in [0.29, 0.717) is 16.8 Å². The number of benzene rings is 2. The van der Waals surface area contributed by atoms with Crippen molar-refractivity contribution >= 4 is 11.4 Å². The van der Waals surface area contributed by atoms with Crippen molar-refractivity contribution in [3.8, 4) is 344 Å². The van der Waals surface area contributed by atoms with Crippen LogP contribution in [0.2, 0.25) is 0 Å². The van der Waals surface area contributed by atoms with E-state index < -0.39 is 18.3 Å². The highest BCUT2D eigenvalue weighted by Gasteiger charge is 2.04. The molecular weight excluding hydrogens is 975 g/mol. The third-order valence-electron chi connectivity index (χ3n) is 5.95. The number of anilines is 1. The first-order chi connectivity index (χ1) is 39.0. The van der Waals surface area contributed by atoms with Gasteiger partial charge in [-0.05, 0) is 125 Å². The van der Waals surface area contributed by atoms with Crippen LogP contribution in [0.25, 0.3) is 0 Å². The molecule has 346 valence electrons. The fourth-order valence-electron chi connectivity index (χ4n) is 3.18. The summed E-state index contributed by atoms with van der Waals surface area (Å²) in [5, 5.41) is 10.2. The minimum Gasteiger partial charge on any atom is -0.399 e. The van der Waals surface area contributed by atoms with Gasteiger partial charge in [0.1, 0.15) is 13.3 Å². The van der Waals surface area contributed by atoms with Gasteiger partial charge in [-0.1, -0.05) is 30.2 Å². The second-order valence-corrected chi connectivity index (χ2v) is 11.2. The maximum atomic E-state index is 11.9. The number of rotatable bonds is 3. The number of terminal acetylenes is 1. The fraction of sp³-hybridized carbons (Fsp3) is 0.0411. The van der Waals surface area contributed by atoms with Crippen LogP contribution in [0.1, 0.15) is 18.1 Å². The van der Waals surface area contributed by atoms with Gasteiger partial charge in [0.2, 0.25) is 0 Å². The highest BCUT2D eigenvalue weighted by atomic mass is 19.1. The Morgan fingerprint density at radius 2 is 0.557 bits per heavy atom. The van der Waals surface area contributed by atoms with Gasteiger partial charge >= 0.3 is 0 Å². The molecule has 0 heterocycles. The van der Waals surface area contributed by atoms with E-state index in [1.165, 1.54) is 24.3 Å². The minimum atomic E-state index is -0.665. The van der Waals surface area contributed by atoms with Crippen molar-refractivity contribution in [1.29, 1.82) is 0 Å². The lowest BCUT2D eigenvalue weighted by Gasteiger charge is -1.93. The second kappa shape index (κ2) is 53.7. The molecule has 0 radical (unpaired) electrons. The molecule has 0 amide bonds. The van der Waals surface area contributed by atoms with E-state index in [4.69, 9.17) is 12.2 Å². The van der Waals surface area contributed by atoms with Crippen molar-refractivity contribution in [1.82, 2.24) is 0 Å². The van der Waals surface area contributed by atoms with Crippen LogP contribution in [0.15, 0.2) is 48.5 Å². The van der Waals surface area contributed by atoms with E-state index >= 15 is 0 Å². The number of nitrogens with zero attached hydrogens (tertiary/aromatic N) is 1. The average molecular weight is 993 g/mol. The number of non-ortho nitro benzene ring substituents is 1. The van der Waals surface area contributed by atoms with E-state index in [1.807, 2.05) is 0 Å². The van der Waals surface area contributed by atoms with Gasteiger partial charge < -0.3 is 5.73 Å². The van der Waals surface area contributed by atoms with Crippen molar-refractivity contribution in [2.24, 2.45) is 0 Å². The Hall–Kier alpha value is -15.3. The molecule has 0 aromatic heterocycles. The van der Waals surface area contributed by atoms with Crippen LogP contribution in [-0.2, 0) is 13.3 Å².